The minimum absolute atomic E-state index is 0. The predicted molar refractivity (Wildman–Crippen MR) is 46.0 cm³/mol. The normalized spacial score (nSPS) is 15.5. The molecule has 4 heteroatoms. The van der Waals surface area contributed by atoms with Gasteiger partial charge in [-0.3, -0.25) is 4.79 Å². The Morgan fingerprint density at radius 3 is 1.80 bits per heavy atom. The lowest BCUT2D eigenvalue weighted by molar-refractivity contribution is -0.127. The minimum atomic E-state index is 0. The van der Waals surface area contributed by atoms with Crippen LogP contribution in [0.1, 0.15) is 19.8 Å². The van der Waals surface area contributed by atoms with Crippen molar-refractivity contribution in [3.8, 4) is 0 Å². The average molecular weight is 186 g/mol. The number of halogens is 2. The number of amides is 1. The first-order valence-corrected chi connectivity index (χ1v) is 3.06. The van der Waals surface area contributed by atoms with E-state index in [9.17, 15) is 4.79 Å². The first-order chi connectivity index (χ1) is 3.80. The molecule has 0 aromatic carbocycles. The Hall–Kier alpha value is 0.0500. The molecule has 1 rings (SSSR count). The van der Waals surface area contributed by atoms with E-state index < -0.39 is 0 Å². The molecule has 0 bridgehead atoms. The topological polar surface area (TPSA) is 20.3 Å². The molecule has 1 aliphatic rings. The number of carbonyl (C=O) groups is 1. The summed E-state index contributed by atoms with van der Waals surface area (Å²) in [4.78, 5) is 12.5. The Bertz CT molecular complexity index is 102. The molecule has 1 amide bonds. The van der Waals surface area contributed by atoms with Gasteiger partial charge in [0.25, 0.3) is 0 Å². The van der Waals surface area contributed by atoms with Crippen molar-refractivity contribution in [2.24, 2.45) is 0 Å². The largest absolute Gasteiger partial charge is 0.343 e. The summed E-state index contributed by atoms with van der Waals surface area (Å²) in [5, 5.41) is 0. The molecule has 2 nitrogen and oxygen atoms in total. The van der Waals surface area contributed by atoms with Gasteiger partial charge in [0.1, 0.15) is 0 Å². The Labute approximate surface area is 73.8 Å². The van der Waals surface area contributed by atoms with Crippen LogP contribution in [-0.4, -0.2) is 23.9 Å². The first-order valence-electron chi connectivity index (χ1n) is 3.06. The van der Waals surface area contributed by atoms with Crippen LogP contribution < -0.4 is 0 Å². The van der Waals surface area contributed by atoms with Crippen LogP contribution in [0.2, 0.25) is 0 Å². The number of nitrogens with zero attached hydrogens (tertiary/aromatic N) is 1. The SMILES string of the molecule is CC(=O)N1CCCC1.Cl.Cl. The summed E-state index contributed by atoms with van der Waals surface area (Å²) in [6.45, 7) is 3.59. The van der Waals surface area contributed by atoms with E-state index in [1.54, 1.807) is 6.92 Å². The lowest BCUT2D eigenvalue weighted by Gasteiger charge is -2.10. The molecule has 1 saturated heterocycles. The fourth-order valence-electron chi connectivity index (χ4n) is 1.03. The van der Waals surface area contributed by atoms with E-state index in [2.05, 4.69) is 0 Å². The van der Waals surface area contributed by atoms with Crippen molar-refractivity contribution in [2.75, 3.05) is 13.1 Å². The Morgan fingerprint density at radius 2 is 1.60 bits per heavy atom. The van der Waals surface area contributed by atoms with Gasteiger partial charge in [-0.2, -0.15) is 0 Å². The highest BCUT2D eigenvalue weighted by molar-refractivity contribution is 5.85. The maximum absolute atomic E-state index is 10.6. The first kappa shape index (κ1) is 12.7. The molecule has 0 atom stereocenters. The Morgan fingerprint density at radius 1 is 1.20 bits per heavy atom. The second-order valence-electron chi connectivity index (χ2n) is 2.21. The van der Waals surface area contributed by atoms with E-state index in [0.717, 1.165) is 13.1 Å². The van der Waals surface area contributed by atoms with Gasteiger partial charge in [0.2, 0.25) is 5.91 Å². The van der Waals surface area contributed by atoms with E-state index in [4.69, 9.17) is 0 Å². The fourth-order valence-corrected chi connectivity index (χ4v) is 1.03. The van der Waals surface area contributed by atoms with Crippen molar-refractivity contribution >= 4 is 30.7 Å². The molecular formula is C6H13Cl2NO. The Kier molecular flexibility index (Phi) is 7.38. The summed E-state index contributed by atoms with van der Waals surface area (Å²) in [5.74, 6) is 0.225. The lowest BCUT2D eigenvalue weighted by atomic mass is 10.4. The van der Waals surface area contributed by atoms with Gasteiger partial charge in [0.15, 0.2) is 0 Å². The monoisotopic (exact) mass is 185 g/mol. The maximum atomic E-state index is 10.6. The molecule has 10 heavy (non-hydrogen) atoms. The van der Waals surface area contributed by atoms with Crippen LogP contribution in [-0.2, 0) is 4.79 Å². The van der Waals surface area contributed by atoms with Gasteiger partial charge in [-0.05, 0) is 12.8 Å². The highest BCUT2D eigenvalue weighted by Crippen LogP contribution is 2.05. The summed E-state index contributed by atoms with van der Waals surface area (Å²) in [7, 11) is 0. The van der Waals surface area contributed by atoms with Gasteiger partial charge in [-0.15, -0.1) is 24.8 Å². The number of hydrogen-bond donors (Lipinski definition) is 0. The fraction of sp³-hybridized carbons (Fsp3) is 0.833. The van der Waals surface area contributed by atoms with Gasteiger partial charge >= 0.3 is 0 Å². The molecule has 62 valence electrons. The number of carbonyl (C=O) groups excluding carboxylic acids is 1. The van der Waals surface area contributed by atoms with E-state index in [1.165, 1.54) is 12.8 Å². The molecule has 1 heterocycles. The van der Waals surface area contributed by atoms with Crippen LogP contribution in [0.5, 0.6) is 0 Å². The van der Waals surface area contributed by atoms with Crippen molar-refractivity contribution in [1.82, 2.24) is 4.90 Å². The van der Waals surface area contributed by atoms with E-state index in [-0.39, 0.29) is 30.7 Å². The quantitative estimate of drug-likeness (QED) is 0.561. The van der Waals surface area contributed by atoms with Crippen molar-refractivity contribution in [3.05, 3.63) is 0 Å². The summed E-state index contributed by atoms with van der Waals surface area (Å²) in [5.41, 5.74) is 0. The molecule has 0 saturated carbocycles. The van der Waals surface area contributed by atoms with Crippen molar-refractivity contribution in [3.63, 3.8) is 0 Å². The van der Waals surface area contributed by atoms with Crippen LogP contribution in [0.15, 0.2) is 0 Å². The number of likely N-dealkylation sites (tertiary alicyclic amines) is 1. The van der Waals surface area contributed by atoms with Gasteiger partial charge in [-0.1, -0.05) is 0 Å². The van der Waals surface area contributed by atoms with Crippen LogP contribution >= 0.6 is 24.8 Å². The minimum Gasteiger partial charge on any atom is -0.343 e. The molecule has 0 aromatic rings. The smallest absolute Gasteiger partial charge is 0.219 e. The third-order valence-corrected chi connectivity index (χ3v) is 1.55. The molecule has 0 unspecified atom stereocenters. The zero-order valence-corrected chi connectivity index (χ0v) is 7.63. The third kappa shape index (κ3) is 3.28. The summed E-state index contributed by atoms with van der Waals surface area (Å²) in [6, 6.07) is 0. The molecule has 0 aromatic heterocycles. The highest BCUT2D eigenvalue weighted by atomic mass is 35.5. The van der Waals surface area contributed by atoms with Crippen LogP contribution in [0.4, 0.5) is 0 Å². The summed E-state index contributed by atoms with van der Waals surface area (Å²) >= 11 is 0. The van der Waals surface area contributed by atoms with Crippen LogP contribution in [0.3, 0.4) is 0 Å². The molecule has 0 spiro atoms. The molecular weight excluding hydrogens is 173 g/mol. The molecule has 0 aliphatic carbocycles. The molecule has 1 aliphatic heterocycles. The molecule has 1 fully saturated rings. The zero-order chi connectivity index (χ0) is 5.98. The van der Waals surface area contributed by atoms with Crippen molar-refractivity contribution < 1.29 is 4.79 Å². The van der Waals surface area contributed by atoms with Gasteiger partial charge < -0.3 is 4.90 Å². The molecule has 0 N–H and O–H groups in total. The molecule has 0 radical (unpaired) electrons. The van der Waals surface area contributed by atoms with E-state index in [1.807, 2.05) is 4.90 Å². The van der Waals surface area contributed by atoms with E-state index in [0.29, 0.717) is 0 Å². The maximum Gasteiger partial charge on any atom is 0.219 e. The highest BCUT2D eigenvalue weighted by Gasteiger charge is 2.12. The summed E-state index contributed by atoms with van der Waals surface area (Å²) in [6.07, 6.45) is 2.39. The second kappa shape index (κ2) is 5.81. The van der Waals surface area contributed by atoms with Gasteiger partial charge in [0.05, 0.1) is 0 Å². The second-order valence-corrected chi connectivity index (χ2v) is 2.21. The lowest BCUT2D eigenvalue weighted by Crippen LogP contribution is -2.24. The zero-order valence-electron chi connectivity index (χ0n) is 6.00. The summed E-state index contributed by atoms with van der Waals surface area (Å²) < 4.78 is 0. The van der Waals surface area contributed by atoms with E-state index >= 15 is 0 Å². The third-order valence-electron chi connectivity index (χ3n) is 1.55. The number of rotatable bonds is 0. The van der Waals surface area contributed by atoms with Gasteiger partial charge in [-0.25, -0.2) is 0 Å². The van der Waals surface area contributed by atoms with Crippen molar-refractivity contribution in [1.29, 1.82) is 0 Å². The predicted octanol–water partition coefficient (Wildman–Crippen LogP) is 1.47. The van der Waals surface area contributed by atoms with Crippen LogP contribution in [0.25, 0.3) is 0 Å². The standard InChI is InChI=1S/C6H11NO.2ClH/c1-6(8)7-4-2-3-5-7;;/h2-5H2,1H3;2*1H. The Balaban J connectivity index is 0. The average Bonchev–Trinajstić information content (AvgIpc) is 2.12. The van der Waals surface area contributed by atoms with Gasteiger partial charge in [0, 0.05) is 20.0 Å². The van der Waals surface area contributed by atoms with Crippen molar-refractivity contribution in [2.45, 2.75) is 19.8 Å². The van der Waals surface area contributed by atoms with Crippen LogP contribution in [0, 0.1) is 0 Å². The number of hydrogen-bond acceptors (Lipinski definition) is 1.